The Balaban J connectivity index is 1.37. The first-order chi connectivity index (χ1) is 20.0. The number of nitrogens with zero attached hydrogens (tertiary/aromatic N) is 7. The first kappa shape index (κ1) is 26.5. The van der Waals surface area contributed by atoms with Gasteiger partial charge in [0, 0.05) is 53.9 Å². The van der Waals surface area contributed by atoms with Crippen LogP contribution in [0, 0.1) is 11.8 Å². The van der Waals surface area contributed by atoms with E-state index in [0.29, 0.717) is 28.8 Å². The molecule has 1 saturated heterocycles. The maximum Gasteiger partial charge on any atom is 0.268 e. The third-order valence-corrected chi connectivity index (χ3v) is 7.74. The van der Waals surface area contributed by atoms with Crippen molar-refractivity contribution in [3.05, 3.63) is 93.1 Å². The molecular formula is C32H32N8O. The lowest BCUT2D eigenvalue weighted by atomic mass is 9.98. The summed E-state index contributed by atoms with van der Waals surface area (Å²) in [6.45, 7) is 6.52. The number of fused-ring (bicyclic) bond motifs is 1. The summed E-state index contributed by atoms with van der Waals surface area (Å²) in [5, 5.41) is 4.03. The number of rotatable bonds is 6. The van der Waals surface area contributed by atoms with Crippen molar-refractivity contribution < 1.29 is 0 Å². The van der Waals surface area contributed by atoms with Gasteiger partial charge in [-0.05, 0) is 74.5 Å². The van der Waals surface area contributed by atoms with Gasteiger partial charge in [-0.3, -0.25) is 14.4 Å². The van der Waals surface area contributed by atoms with E-state index in [1.54, 1.807) is 23.0 Å². The molecule has 0 aliphatic carbocycles. The minimum Gasteiger partial charge on any atom is -0.324 e. The molecule has 5 heterocycles. The second kappa shape index (κ2) is 11.4. The molecule has 0 spiro atoms. The molecule has 1 fully saturated rings. The zero-order valence-electron chi connectivity index (χ0n) is 23.6. The van der Waals surface area contributed by atoms with Crippen LogP contribution in [-0.4, -0.2) is 55.8 Å². The van der Waals surface area contributed by atoms with Gasteiger partial charge in [0.1, 0.15) is 17.7 Å². The van der Waals surface area contributed by atoms with Gasteiger partial charge >= 0.3 is 0 Å². The molecule has 3 aromatic heterocycles. The van der Waals surface area contributed by atoms with Gasteiger partial charge < -0.3 is 10.2 Å². The number of hydrogen-bond acceptors (Lipinski definition) is 8. The quantitative estimate of drug-likeness (QED) is 0.358. The Labute approximate surface area is 239 Å². The van der Waals surface area contributed by atoms with Crippen LogP contribution < -0.4 is 10.9 Å². The fourth-order valence-corrected chi connectivity index (χ4v) is 5.38. The number of aryl methyl sites for hydroxylation is 1. The Hall–Kier alpha value is -4.68. The monoisotopic (exact) mass is 544 g/mol. The van der Waals surface area contributed by atoms with Crippen molar-refractivity contribution in [3.8, 4) is 11.8 Å². The highest BCUT2D eigenvalue weighted by Gasteiger charge is 2.21. The number of benzene rings is 1. The van der Waals surface area contributed by atoms with Crippen molar-refractivity contribution >= 4 is 28.9 Å². The van der Waals surface area contributed by atoms with Crippen molar-refractivity contribution in [3.63, 3.8) is 0 Å². The zero-order valence-corrected chi connectivity index (χ0v) is 23.6. The van der Waals surface area contributed by atoms with Crippen molar-refractivity contribution in [1.29, 1.82) is 0 Å². The van der Waals surface area contributed by atoms with Gasteiger partial charge in [0.05, 0.1) is 12.1 Å². The van der Waals surface area contributed by atoms with Gasteiger partial charge in [0.2, 0.25) is 5.95 Å². The fourth-order valence-electron chi connectivity index (χ4n) is 5.38. The van der Waals surface area contributed by atoms with Crippen molar-refractivity contribution in [2.24, 2.45) is 4.99 Å². The molecule has 6 rings (SSSR count). The summed E-state index contributed by atoms with van der Waals surface area (Å²) >= 11 is 0. The number of pyridine rings is 1. The topological polar surface area (TPSA) is 101 Å². The minimum absolute atomic E-state index is 0.230. The summed E-state index contributed by atoms with van der Waals surface area (Å²) in [5.74, 6) is 7.11. The van der Waals surface area contributed by atoms with E-state index in [-0.39, 0.29) is 12.1 Å². The molecule has 41 heavy (non-hydrogen) atoms. The SMILES string of the molecule is CCc1ncncc1Cn1c(=O)c(C#CC2=C(C)CC=N2)cc2cnc(Nc3ccc(C4CCN(C)C4)cc3)nc21. The van der Waals surface area contributed by atoms with Crippen LogP contribution in [0.4, 0.5) is 11.6 Å². The van der Waals surface area contributed by atoms with Crippen LogP contribution in [-0.2, 0) is 13.0 Å². The van der Waals surface area contributed by atoms with Gasteiger partial charge in [-0.15, -0.1) is 0 Å². The molecule has 1 N–H and O–H groups in total. The molecule has 0 bridgehead atoms. The highest BCUT2D eigenvalue weighted by atomic mass is 16.1. The minimum atomic E-state index is -0.230. The molecule has 1 unspecified atom stereocenters. The predicted molar refractivity (Wildman–Crippen MR) is 162 cm³/mol. The van der Waals surface area contributed by atoms with Crippen molar-refractivity contribution in [2.45, 2.75) is 45.6 Å². The zero-order chi connectivity index (χ0) is 28.3. The summed E-state index contributed by atoms with van der Waals surface area (Å²) in [4.78, 5) is 38.5. The largest absolute Gasteiger partial charge is 0.324 e. The molecule has 1 aromatic carbocycles. The molecule has 9 heteroatoms. The second-order valence-electron chi connectivity index (χ2n) is 10.7. The molecule has 2 aliphatic rings. The highest BCUT2D eigenvalue weighted by Crippen LogP contribution is 2.28. The highest BCUT2D eigenvalue weighted by molar-refractivity contribution is 5.78. The van der Waals surface area contributed by atoms with Gasteiger partial charge in [0.15, 0.2) is 0 Å². The van der Waals surface area contributed by atoms with Crippen LogP contribution in [0.3, 0.4) is 0 Å². The van der Waals surface area contributed by atoms with E-state index < -0.39 is 0 Å². The maximum atomic E-state index is 13.8. The molecule has 0 amide bonds. The summed E-state index contributed by atoms with van der Waals surface area (Å²) in [6.07, 6.45) is 9.54. The average molecular weight is 545 g/mol. The molecule has 1 atom stereocenters. The summed E-state index contributed by atoms with van der Waals surface area (Å²) in [7, 11) is 2.17. The third kappa shape index (κ3) is 5.65. The Morgan fingerprint density at radius 3 is 2.71 bits per heavy atom. The molecule has 206 valence electrons. The Kier molecular flexibility index (Phi) is 7.40. The van der Waals surface area contributed by atoms with E-state index >= 15 is 0 Å². The summed E-state index contributed by atoms with van der Waals surface area (Å²) in [6, 6.07) is 10.2. The average Bonchev–Trinajstić information content (AvgIpc) is 3.62. The van der Waals surface area contributed by atoms with Crippen LogP contribution in [0.25, 0.3) is 11.0 Å². The molecule has 4 aromatic rings. The predicted octanol–water partition coefficient (Wildman–Crippen LogP) is 4.45. The van der Waals surface area contributed by atoms with E-state index in [1.807, 2.05) is 20.1 Å². The molecular weight excluding hydrogens is 512 g/mol. The van der Waals surface area contributed by atoms with E-state index in [1.165, 1.54) is 18.3 Å². The molecule has 0 radical (unpaired) electrons. The van der Waals surface area contributed by atoms with Gasteiger partial charge in [-0.25, -0.2) is 15.0 Å². The lowest BCUT2D eigenvalue weighted by Gasteiger charge is -2.14. The number of likely N-dealkylation sites (tertiary alicyclic amines) is 1. The van der Waals surface area contributed by atoms with Crippen LogP contribution in [0.1, 0.15) is 55.0 Å². The number of anilines is 2. The molecule has 0 saturated carbocycles. The van der Waals surface area contributed by atoms with Crippen LogP contribution in [0.2, 0.25) is 0 Å². The number of nitrogens with one attached hydrogen (secondary N) is 1. The van der Waals surface area contributed by atoms with Gasteiger partial charge in [0.25, 0.3) is 5.56 Å². The van der Waals surface area contributed by atoms with Gasteiger partial charge in [-0.2, -0.15) is 4.98 Å². The molecule has 2 aliphatic heterocycles. The summed E-state index contributed by atoms with van der Waals surface area (Å²) in [5.41, 5.74) is 6.44. The second-order valence-corrected chi connectivity index (χ2v) is 10.7. The van der Waals surface area contributed by atoms with E-state index in [9.17, 15) is 4.79 Å². The maximum absolute atomic E-state index is 13.8. The smallest absolute Gasteiger partial charge is 0.268 e. The number of aromatic nitrogens is 5. The fraction of sp³-hybridized carbons (Fsp3) is 0.312. The first-order valence-electron chi connectivity index (χ1n) is 14.0. The number of allylic oxidation sites excluding steroid dienone is 2. The van der Waals surface area contributed by atoms with Crippen LogP contribution in [0.15, 0.2) is 70.1 Å². The number of hydrogen-bond donors (Lipinski definition) is 1. The van der Waals surface area contributed by atoms with E-state index in [0.717, 1.165) is 53.8 Å². The third-order valence-electron chi connectivity index (χ3n) is 7.74. The van der Waals surface area contributed by atoms with Crippen molar-refractivity contribution in [2.75, 3.05) is 25.5 Å². The van der Waals surface area contributed by atoms with E-state index in [2.05, 4.69) is 73.3 Å². The number of likely N-dealkylation sites (N-methyl/N-ethyl adjacent to an activating group) is 1. The number of aliphatic imine (C=N–C) groups is 1. The van der Waals surface area contributed by atoms with Crippen LogP contribution >= 0.6 is 0 Å². The lowest BCUT2D eigenvalue weighted by Crippen LogP contribution is -2.25. The summed E-state index contributed by atoms with van der Waals surface area (Å²) < 4.78 is 1.64. The van der Waals surface area contributed by atoms with Crippen molar-refractivity contribution in [1.82, 2.24) is 29.4 Å². The Morgan fingerprint density at radius 1 is 1.12 bits per heavy atom. The molecule has 9 nitrogen and oxygen atoms in total. The first-order valence-corrected chi connectivity index (χ1v) is 14.0. The van der Waals surface area contributed by atoms with Gasteiger partial charge in [-0.1, -0.05) is 25.0 Å². The van der Waals surface area contributed by atoms with Crippen LogP contribution in [0.5, 0.6) is 0 Å². The van der Waals surface area contributed by atoms with E-state index in [4.69, 9.17) is 4.98 Å². The Morgan fingerprint density at radius 2 is 1.98 bits per heavy atom. The Bertz CT molecular complexity index is 1790. The standard InChI is InChI=1S/C32H32N8O/c1-4-28-26(16-33-20-36-28)19-40-30-25(15-23(31(40)41)7-10-29-21(2)11-13-34-29)17-35-32(38-30)37-27-8-5-22(6-9-27)24-12-14-39(3)18-24/h5-6,8-9,13,15-17,20,24H,4,11-12,14,18-19H2,1-3H3,(H,35,37,38). The lowest BCUT2D eigenvalue weighted by molar-refractivity contribution is 0.411. The normalized spacial score (nSPS) is 16.8.